The number of aromatic hydroxyl groups is 2. The van der Waals surface area contributed by atoms with Crippen LogP contribution in [-0.2, 0) is 25.5 Å². The lowest BCUT2D eigenvalue weighted by molar-refractivity contribution is -0.171. The molecule has 386 valence electrons. The number of anilines is 1. The fourth-order valence-corrected chi connectivity index (χ4v) is 11.8. The number of amides is 2. The molecule has 5 atom stereocenters. The van der Waals surface area contributed by atoms with Crippen LogP contribution in [-0.4, -0.2) is 73.6 Å². The van der Waals surface area contributed by atoms with Gasteiger partial charge >= 0.3 is 5.97 Å². The van der Waals surface area contributed by atoms with Gasteiger partial charge in [0.1, 0.15) is 45.5 Å². The third kappa shape index (κ3) is 8.24. The molecule has 75 heavy (non-hydrogen) atoms. The number of phenols is 2. The van der Waals surface area contributed by atoms with Crippen molar-refractivity contribution in [3.63, 3.8) is 0 Å². The Labute approximate surface area is 432 Å². The van der Waals surface area contributed by atoms with Crippen molar-refractivity contribution in [1.29, 1.82) is 0 Å². The summed E-state index contributed by atoms with van der Waals surface area (Å²) in [6, 6.07) is 12.8. The maximum atomic E-state index is 15.2. The van der Waals surface area contributed by atoms with Gasteiger partial charge in [-0.1, -0.05) is 41.5 Å². The zero-order chi connectivity index (χ0) is 53.7. The molecule has 15 nitrogen and oxygen atoms in total. The maximum absolute atomic E-state index is 15.2. The number of allylic oxidation sites excluding steroid dienone is 5. The van der Waals surface area contributed by atoms with Gasteiger partial charge in [0, 0.05) is 69.3 Å². The Morgan fingerprint density at radius 1 is 0.840 bits per heavy atom. The standard InChI is InChI=1S/C60H58N2O13/c1-30(2)10-9-21-58(8)22-20-40-50(66)49-51(67)43-24-33-25-46-57(6,7)75-59(54(33)68,60(43,46)74-53(49)41(52(40)73-58)15-11-31(3)4)23-19-32(5)55(69)61-29-47(65)62-34-12-16-37(42(26-34)56(70)71)48-38-17-13-35(63)27-44(38)72-45-28-36(64)14-18-39(45)48/h10-14,16-20,22,24,26-28,33,46,63,66H,9,15,21,23,25,29H2,1-8H3,(H,61,69)(H,62,65)(H,70,71). The number of Topliss-reactive ketones (excluding diaryl/α,β-unsaturated/α-hetero) is 2. The molecule has 11 rings (SSSR count). The highest BCUT2D eigenvalue weighted by molar-refractivity contribution is 6.19. The van der Waals surface area contributed by atoms with Gasteiger partial charge in [-0.2, -0.15) is 0 Å². The smallest absolute Gasteiger partial charge is 0.336 e. The summed E-state index contributed by atoms with van der Waals surface area (Å²) in [4.78, 5) is 82.4. The van der Waals surface area contributed by atoms with E-state index in [1.54, 1.807) is 18.2 Å². The maximum Gasteiger partial charge on any atom is 0.336 e. The number of benzene rings is 4. The van der Waals surface area contributed by atoms with Gasteiger partial charge in [0.15, 0.2) is 28.2 Å². The van der Waals surface area contributed by atoms with Gasteiger partial charge in [0.05, 0.1) is 23.3 Å². The predicted octanol–water partition coefficient (Wildman–Crippen LogP) is 10.2. The van der Waals surface area contributed by atoms with Crippen LogP contribution in [0.2, 0.25) is 0 Å². The van der Waals surface area contributed by atoms with E-state index in [2.05, 4.69) is 16.7 Å². The van der Waals surface area contributed by atoms with Crippen LogP contribution in [0.5, 0.6) is 23.0 Å². The van der Waals surface area contributed by atoms with E-state index < -0.39 is 64.4 Å². The minimum atomic E-state index is -1.78. The number of fused-ring (bicyclic) bond motifs is 4. The molecule has 4 aliphatic heterocycles. The molecular weight excluding hydrogens is 957 g/mol. The minimum Gasteiger partial charge on any atom is -0.508 e. The molecule has 3 aromatic carbocycles. The number of carboxylic acids is 1. The van der Waals surface area contributed by atoms with Crippen molar-refractivity contribution in [2.24, 2.45) is 11.8 Å². The Kier molecular flexibility index (Phi) is 12.2. The Morgan fingerprint density at radius 3 is 2.32 bits per heavy atom. The molecule has 3 aromatic rings. The summed E-state index contributed by atoms with van der Waals surface area (Å²) < 4.78 is 27.0. The van der Waals surface area contributed by atoms with Crippen LogP contribution in [0.25, 0.3) is 39.5 Å². The first-order valence-electron chi connectivity index (χ1n) is 25.1. The molecule has 4 heterocycles. The highest BCUT2D eigenvalue weighted by Gasteiger charge is 2.81. The molecule has 1 saturated heterocycles. The van der Waals surface area contributed by atoms with E-state index in [4.69, 9.17) is 18.6 Å². The normalized spacial score (nSPS) is 23.6. The summed E-state index contributed by atoms with van der Waals surface area (Å²) in [5, 5.41) is 38.4. The van der Waals surface area contributed by atoms with Crippen LogP contribution < -0.4 is 25.5 Å². The van der Waals surface area contributed by atoms with E-state index in [0.717, 1.165) is 12.0 Å². The highest BCUT2D eigenvalue weighted by Crippen LogP contribution is 2.69. The molecule has 2 amide bonds. The van der Waals surface area contributed by atoms with Gasteiger partial charge in [0.2, 0.25) is 11.8 Å². The molecule has 5 unspecified atom stereocenters. The highest BCUT2D eigenvalue weighted by atomic mass is 16.6. The number of ketones is 2. The lowest BCUT2D eigenvalue weighted by atomic mass is 9.51. The topological polar surface area (TPSA) is 228 Å². The lowest BCUT2D eigenvalue weighted by Crippen LogP contribution is -2.72. The minimum absolute atomic E-state index is 0.00690. The Bertz CT molecular complexity index is 3540. The largest absolute Gasteiger partial charge is 0.508 e. The Morgan fingerprint density at radius 2 is 1.59 bits per heavy atom. The first-order valence-corrected chi connectivity index (χ1v) is 25.1. The molecule has 1 saturated carbocycles. The van der Waals surface area contributed by atoms with Crippen molar-refractivity contribution in [3.8, 4) is 45.4 Å². The van der Waals surface area contributed by atoms with Gasteiger partial charge in [-0.3, -0.25) is 24.0 Å². The summed E-state index contributed by atoms with van der Waals surface area (Å²) in [7, 11) is 0. The third-order valence-electron chi connectivity index (χ3n) is 15.4. The summed E-state index contributed by atoms with van der Waals surface area (Å²) in [6.07, 6.45) is 13.0. The molecule has 0 aromatic heterocycles. The van der Waals surface area contributed by atoms with Gasteiger partial charge in [-0.05, 0) is 135 Å². The molecule has 4 aliphatic carbocycles. The number of rotatable bonds is 13. The van der Waals surface area contributed by atoms with E-state index in [-0.39, 0.29) is 79.7 Å². The molecule has 5 N–H and O–H groups in total. The predicted molar refractivity (Wildman–Crippen MR) is 281 cm³/mol. The van der Waals surface area contributed by atoms with Gasteiger partial charge in [-0.25, -0.2) is 4.79 Å². The SMILES string of the molecule is CC(C)=CCCC1(C)C=Cc2c(O)c3c(c(CC=C(C)C)c2O1)OC12C(=CC4CC1C(C)(C)OC2(CC=C(C)C(=O)NCC(=O)Nc1ccc(-c2c5ccc(=O)cc-5oc5cc(O)ccc25)c(C(=O)O)c1)C4=O)C3=O. The number of carbonyl (C=O) groups is 5. The quantitative estimate of drug-likeness (QED) is 0.0421. The Balaban J connectivity index is 0.925. The average Bonchev–Trinajstić information content (AvgIpc) is 3.52. The summed E-state index contributed by atoms with van der Waals surface area (Å²) in [6.45, 7) is 14.7. The van der Waals surface area contributed by atoms with E-state index in [9.17, 15) is 39.3 Å². The summed E-state index contributed by atoms with van der Waals surface area (Å²) in [5.41, 5.74) is -0.730. The lowest BCUT2D eigenvalue weighted by Gasteiger charge is -2.56. The first kappa shape index (κ1) is 50.5. The molecule has 4 bridgehead atoms. The zero-order valence-corrected chi connectivity index (χ0v) is 43.0. The van der Waals surface area contributed by atoms with E-state index in [0.29, 0.717) is 52.7 Å². The van der Waals surface area contributed by atoms with Crippen molar-refractivity contribution >= 4 is 52.1 Å². The van der Waals surface area contributed by atoms with Crippen molar-refractivity contribution in [2.75, 3.05) is 11.9 Å². The van der Waals surface area contributed by atoms with Gasteiger partial charge < -0.3 is 44.6 Å². The second-order valence-electron chi connectivity index (χ2n) is 21.6. The van der Waals surface area contributed by atoms with Gasteiger partial charge in [0.25, 0.3) is 0 Å². The second kappa shape index (κ2) is 18.1. The van der Waals surface area contributed by atoms with E-state index in [1.807, 2.05) is 66.7 Å². The number of carboxylic acid groups (broad SMARTS) is 1. The van der Waals surface area contributed by atoms with Crippen molar-refractivity contribution in [1.82, 2.24) is 5.32 Å². The number of carbonyl (C=O) groups excluding carboxylic acids is 4. The number of hydrogen-bond donors (Lipinski definition) is 5. The van der Waals surface area contributed by atoms with Crippen molar-refractivity contribution in [2.45, 2.75) is 110 Å². The molecule has 15 heteroatoms. The Hall–Kier alpha value is -8.04. The summed E-state index contributed by atoms with van der Waals surface area (Å²) in [5.74, 6) is -4.25. The average molecular weight is 1020 g/mol. The molecule has 0 radical (unpaired) electrons. The monoisotopic (exact) mass is 1010 g/mol. The molecule has 8 aliphatic rings. The van der Waals surface area contributed by atoms with Crippen LogP contribution in [0.4, 0.5) is 5.69 Å². The number of aromatic carboxylic acids is 1. The van der Waals surface area contributed by atoms with Crippen LogP contribution >= 0.6 is 0 Å². The van der Waals surface area contributed by atoms with Crippen LogP contribution in [0.3, 0.4) is 0 Å². The van der Waals surface area contributed by atoms with Crippen LogP contribution in [0.1, 0.15) is 113 Å². The number of ether oxygens (including phenoxy) is 3. The van der Waals surface area contributed by atoms with Crippen molar-refractivity contribution in [3.05, 3.63) is 140 Å². The number of phenolic OH excluding ortho intramolecular Hbond substituents is 2. The second-order valence-corrected chi connectivity index (χ2v) is 21.6. The fraction of sp³-hybridized carbons (Fsp3) is 0.333. The van der Waals surface area contributed by atoms with Crippen LogP contribution in [0.15, 0.2) is 116 Å². The number of hydrogen-bond acceptors (Lipinski definition) is 12. The summed E-state index contributed by atoms with van der Waals surface area (Å²) >= 11 is 0. The molecular formula is C60H58N2O13. The molecule has 1 spiro atoms. The van der Waals surface area contributed by atoms with Crippen molar-refractivity contribution < 1.29 is 57.9 Å². The van der Waals surface area contributed by atoms with E-state index >= 15 is 4.79 Å². The zero-order valence-electron chi connectivity index (χ0n) is 43.0. The molecule has 2 fully saturated rings. The number of nitrogens with one attached hydrogen (secondary N) is 2. The van der Waals surface area contributed by atoms with Crippen LogP contribution in [0, 0.1) is 11.8 Å². The first-order chi connectivity index (χ1) is 35.5. The van der Waals surface area contributed by atoms with E-state index in [1.165, 1.54) is 61.0 Å². The van der Waals surface area contributed by atoms with Gasteiger partial charge in [-0.15, -0.1) is 0 Å². The third-order valence-corrected chi connectivity index (χ3v) is 15.4. The fourth-order valence-electron chi connectivity index (χ4n) is 11.8.